The van der Waals surface area contributed by atoms with E-state index in [9.17, 15) is 0 Å². The summed E-state index contributed by atoms with van der Waals surface area (Å²) in [6.07, 6.45) is 0. The van der Waals surface area contributed by atoms with Gasteiger partial charge in [0.05, 0.1) is 17.9 Å². The van der Waals surface area contributed by atoms with Crippen molar-refractivity contribution in [2.75, 3.05) is 5.32 Å². The average Bonchev–Trinajstić information content (AvgIpc) is 2.37. The van der Waals surface area contributed by atoms with Crippen LogP contribution >= 0.6 is 12.2 Å². The fourth-order valence-electron chi connectivity index (χ4n) is 1.55. The molecule has 2 aromatic heterocycles. The van der Waals surface area contributed by atoms with Gasteiger partial charge in [0, 0.05) is 5.69 Å². The molecule has 18 heavy (non-hydrogen) atoms. The number of thiocarbonyl (C=S) groups is 1. The zero-order valence-corrected chi connectivity index (χ0v) is 10.9. The molecule has 0 aromatic carbocycles. The van der Waals surface area contributed by atoms with Gasteiger partial charge in [-0.1, -0.05) is 24.4 Å². The lowest BCUT2D eigenvalue weighted by atomic mass is 10.3. The molecule has 0 aliphatic heterocycles. The molecule has 0 aliphatic carbocycles. The summed E-state index contributed by atoms with van der Waals surface area (Å²) in [7, 11) is 0. The molecule has 5 heteroatoms. The minimum absolute atomic E-state index is 0.298. The standard InChI is InChI=1S/C13H14N4S/c1-9-4-2-5-10(16-9)8-15-12-7-3-6-11(17-12)13(14)18/h2-7H,8H2,1H3,(H2,14,18)(H,15,17). The second-order valence-electron chi connectivity index (χ2n) is 3.90. The molecule has 2 rings (SSSR count). The molecule has 0 amide bonds. The molecule has 0 atom stereocenters. The monoisotopic (exact) mass is 258 g/mol. The Labute approximate surface area is 111 Å². The van der Waals surface area contributed by atoms with Gasteiger partial charge < -0.3 is 11.1 Å². The Hall–Kier alpha value is -2.01. The van der Waals surface area contributed by atoms with E-state index >= 15 is 0 Å². The number of hydrogen-bond donors (Lipinski definition) is 2. The first-order chi connectivity index (χ1) is 8.65. The van der Waals surface area contributed by atoms with Crippen LogP contribution in [0.1, 0.15) is 17.1 Å². The molecule has 0 radical (unpaired) electrons. The first kappa shape index (κ1) is 12.4. The molecule has 2 heterocycles. The van der Waals surface area contributed by atoms with Gasteiger partial charge in [-0.3, -0.25) is 4.98 Å². The molecule has 0 fully saturated rings. The quantitative estimate of drug-likeness (QED) is 0.822. The first-order valence-electron chi connectivity index (χ1n) is 5.58. The van der Waals surface area contributed by atoms with Gasteiger partial charge in [-0.2, -0.15) is 0 Å². The summed E-state index contributed by atoms with van der Waals surface area (Å²) >= 11 is 4.89. The van der Waals surface area contributed by atoms with Gasteiger partial charge in [-0.25, -0.2) is 4.98 Å². The summed E-state index contributed by atoms with van der Waals surface area (Å²) in [5.74, 6) is 0.739. The summed E-state index contributed by atoms with van der Waals surface area (Å²) in [4.78, 5) is 9.01. The zero-order chi connectivity index (χ0) is 13.0. The SMILES string of the molecule is Cc1cccc(CNc2cccc(C(N)=S)n2)n1. The summed E-state index contributed by atoms with van der Waals surface area (Å²) in [6.45, 7) is 2.59. The highest BCUT2D eigenvalue weighted by atomic mass is 32.1. The van der Waals surface area contributed by atoms with E-state index in [1.165, 1.54) is 0 Å². The number of nitrogens with two attached hydrogens (primary N) is 1. The second-order valence-corrected chi connectivity index (χ2v) is 4.34. The Kier molecular flexibility index (Phi) is 3.84. The largest absolute Gasteiger partial charge is 0.388 e. The van der Waals surface area contributed by atoms with Crippen LogP contribution in [0.3, 0.4) is 0 Å². The predicted molar refractivity (Wildman–Crippen MR) is 76.4 cm³/mol. The van der Waals surface area contributed by atoms with Crippen LogP contribution in [0.15, 0.2) is 36.4 Å². The van der Waals surface area contributed by atoms with Gasteiger partial charge in [-0.15, -0.1) is 0 Å². The lowest BCUT2D eigenvalue weighted by Gasteiger charge is -2.07. The molecular formula is C13H14N4S. The van der Waals surface area contributed by atoms with Crippen LogP contribution in [-0.2, 0) is 6.54 Å². The van der Waals surface area contributed by atoms with Gasteiger partial charge in [0.15, 0.2) is 0 Å². The van der Waals surface area contributed by atoms with E-state index in [4.69, 9.17) is 18.0 Å². The van der Waals surface area contributed by atoms with Gasteiger partial charge >= 0.3 is 0 Å². The average molecular weight is 258 g/mol. The van der Waals surface area contributed by atoms with E-state index in [1.54, 1.807) is 6.07 Å². The van der Waals surface area contributed by atoms with Crippen LogP contribution in [-0.4, -0.2) is 15.0 Å². The smallest absolute Gasteiger partial charge is 0.127 e. The zero-order valence-electron chi connectivity index (χ0n) is 10.1. The number of aromatic nitrogens is 2. The van der Waals surface area contributed by atoms with Crippen LogP contribution in [0.25, 0.3) is 0 Å². The molecule has 0 unspecified atom stereocenters. The second kappa shape index (κ2) is 5.55. The number of nitrogens with one attached hydrogen (secondary N) is 1. The molecular weight excluding hydrogens is 244 g/mol. The summed E-state index contributed by atoms with van der Waals surface area (Å²) in [5.41, 5.74) is 8.13. The molecule has 4 nitrogen and oxygen atoms in total. The van der Waals surface area contributed by atoms with Gasteiger partial charge in [0.25, 0.3) is 0 Å². The number of pyridine rings is 2. The maximum atomic E-state index is 5.54. The van der Waals surface area contributed by atoms with E-state index in [1.807, 2.05) is 37.3 Å². The van der Waals surface area contributed by atoms with Crippen LogP contribution in [0, 0.1) is 6.92 Å². The maximum Gasteiger partial charge on any atom is 0.127 e. The first-order valence-corrected chi connectivity index (χ1v) is 5.99. The minimum atomic E-state index is 0.298. The highest BCUT2D eigenvalue weighted by molar-refractivity contribution is 7.80. The summed E-state index contributed by atoms with van der Waals surface area (Å²) in [6, 6.07) is 11.5. The van der Waals surface area contributed by atoms with Crippen LogP contribution < -0.4 is 11.1 Å². The molecule has 2 aromatic rings. The van der Waals surface area contributed by atoms with Crippen LogP contribution in [0.4, 0.5) is 5.82 Å². The van der Waals surface area contributed by atoms with E-state index < -0.39 is 0 Å². The van der Waals surface area contributed by atoms with Crippen LogP contribution in [0.2, 0.25) is 0 Å². The fourth-order valence-corrected chi connectivity index (χ4v) is 1.66. The normalized spacial score (nSPS) is 10.1. The highest BCUT2D eigenvalue weighted by Crippen LogP contribution is 2.07. The Morgan fingerprint density at radius 2 is 2.00 bits per heavy atom. The van der Waals surface area contributed by atoms with Crippen molar-refractivity contribution < 1.29 is 0 Å². The lowest BCUT2D eigenvalue weighted by molar-refractivity contribution is 1.00. The Balaban J connectivity index is 2.06. The topological polar surface area (TPSA) is 63.8 Å². The number of rotatable bonds is 4. The molecule has 3 N–H and O–H groups in total. The molecule has 0 bridgehead atoms. The van der Waals surface area contributed by atoms with E-state index in [0.717, 1.165) is 17.2 Å². The summed E-state index contributed by atoms with van der Waals surface area (Å²) < 4.78 is 0. The Morgan fingerprint density at radius 1 is 1.22 bits per heavy atom. The van der Waals surface area contributed by atoms with Crippen molar-refractivity contribution in [1.82, 2.24) is 9.97 Å². The van der Waals surface area contributed by atoms with E-state index in [-0.39, 0.29) is 0 Å². The number of nitrogens with zero attached hydrogens (tertiary/aromatic N) is 2. The van der Waals surface area contributed by atoms with Gasteiger partial charge in [0.1, 0.15) is 10.8 Å². The van der Waals surface area contributed by atoms with Crippen molar-refractivity contribution in [3.63, 3.8) is 0 Å². The van der Waals surface area contributed by atoms with Crippen LogP contribution in [0.5, 0.6) is 0 Å². The van der Waals surface area contributed by atoms with Crippen molar-refractivity contribution >= 4 is 23.0 Å². The van der Waals surface area contributed by atoms with E-state index in [0.29, 0.717) is 17.2 Å². The minimum Gasteiger partial charge on any atom is -0.388 e. The summed E-state index contributed by atoms with van der Waals surface area (Å²) in [5, 5.41) is 3.19. The van der Waals surface area contributed by atoms with Crippen molar-refractivity contribution in [2.45, 2.75) is 13.5 Å². The van der Waals surface area contributed by atoms with E-state index in [2.05, 4.69) is 15.3 Å². The third-order valence-corrected chi connectivity index (χ3v) is 2.61. The van der Waals surface area contributed by atoms with Crippen molar-refractivity contribution in [3.05, 3.63) is 53.5 Å². The fraction of sp³-hybridized carbons (Fsp3) is 0.154. The van der Waals surface area contributed by atoms with Crippen molar-refractivity contribution in [3.8, 4) is 0 Å². The molecule has 92 valence electrons. The van der Waals surface area contributed by atoms with Gasteiger partial charge in [-0.05, 0) is 31.2 Å². The molecule has 0 saturated carbocycles. The number of aryl methyl sites for hydroxylation is 1. The molecule has 0 spiro atoms. The van der Waals surface area contributed by atoms with Crippen molar-refractivity contribution in [2.24, 2.45) is 5.73 Å². The number of anilines is 1. The predicted octanol–water partition coefficient (Wildman–Crippen LogP) is 2.03. The lowest BCUT2D eigenvalue weighted by Crippen LogP contribution is -2.13. The Bertz CT molecular complexity index is 568. The third-order valence-electron chi connectivity index (χ3n) is 2.40. The highest BCUT2D eigenvalue weighted by Gasteiger charge is 2.00. The molecule has 0 saturated heterocycles. The maximum absolute atomic E-state index is 5.54. The number of hydrogen-bond acceptors (Lipinski definition) is 4. The Morgan fingerprint density at radius 3 is 2.72 bits per heavy atom. The molecule has 0 aliphatic rings. The van der Waals surface area contributed by atoms with Gasteiger partial charge in [0.2, 0.25) is 0 Å². The van der Waals surface area contributed by atoms with Crippen molar-refractivity contribution in [1.29, 1.82) is 0 Å². The third kappa shape index (κ3) is 3.24.